The fourth-order valence-corrected chi connectivity index (χ4v) is 2.25. The van der Waals surface area contributed by atoms with Gasteiger partial charge in [-0.15, -0.1) is 11.8 Å². The summed E-state index contributed by atoms with van der Waals surface area (Å²) in [5, 5.41) is 0.426. The Morgan fingerprint density at radius 2 is 1.94 bits per heavy atom. The molecule has 0 atom stereocenters. The molecule has 18 heavy (non-hydrogen) atoms. The van der Waals surface area contributed by atoms with Crippen LogP contribution in [0.1, 0.15) is 10.4 Å². The summed E-state index contributed by atoms with van der Waals surface area (Å²) in [5.74, 6) is 1.30. The van der Waals surface area contributed by atoms with E-state index in [1.165, 1.54) is 0 Å². The normalized spacial score (nSPS) is 10.1. The van der Waals surface area contributed by atoms with Gasteiger partial charge in [-0.1, -0.05) is 23.7 Å². The second-order valence-corrected chi connectivity index (χ2v) is 4.82. The van der Waals surface area contributed by atoms with Crippen LogP contribution in [-0.2, 0) is 0 Å². The highest BCUT2D eigenvalue weighted by atomic mass is 35.5. The van der Waals surface area contributed by atoms with Gasteiger partial charge in [-0.05, 0) is 36.6 Å². The average molecular weight is 279 g/mol. The molecule has 0 saturated heterocycles. The standard InChI is InChI=1S/C14H11ClO2S/c1-18-14-5-3-2-4-13(14)17-12-7-6-10(9-16)8-11(12)15/h2-9H,1H3. The SMILES string of the molecule is CSc1ccccc1Oc1ccc(C=O)cc1Cl. The van der Waals surface area contributed by atoms with Gasteiger partial charge in [0.05, 0.1) is 5.02 Å². The molecule has 4 heteroatoms. The lowest BCUT2D eigenvalue weighted by atomic mass is 10.2. The van der Waals surface area contributed by atoms with Crippen LogP contribution in [0.4, 0.5) is 0 Å². The van der Waals surface area contributed by atoms with Crippen LogP contribution < -0.4 is 4.74 Å². The van der Waals surface area contributed by atoms with Gasteiger partial charge in [0.15, 0.2) is 0 Å². The molecule has 0 aliphatic heterocycles. The van der Waals surface area contributed by atoms with E-state index in [4.69, 9.17) is 16.3 Å². The fraction of sp³-hybridized carbons (Fsp3) is 0.0714. The Morgan fingerprint density at radius 1 is 1.17 bits per heavy atom. The minimum absolute atomic E-state index is 0.426. The topological polar surface area (TPSA) is 26.3 Å². The van der Waals surface area contributed by atoms with Gasteiger partial charge in [0.1, 0.15) is 17.8 Å². The largest absolute Gasteiger partial charge is 0.455 e. The zero-order valence-electron chi connectivity index (χ0n) is 9.72. The molecule has 2 aromatic carbocycles. The van der Waals surface area contributed by atoms with Gasteiger partial charge in [0.25, 0.3) is 0 Å². The first-order valence-corrected chi connectivity index (χ1v) is 6.90. The lowest BCUT2D eigenvalue weighted by molar-refractivity contribution is 0.112. The summed E-state index contributed by atoms with van der Waals surface area (Å²) in [4.78, 5) is 11.7. The van der Waals surface area contributed by atoms with E-state index < -0.39 is 0 Å². The molecule has 0 unspecified atom stereocenters. The number of hydrogen-bond acceptors (Lipinski definition) is 3. The van der Waals surface area contributed by atoms with E-state index in [0.717, 1.165) is 16.9 Å². The Kier molecular flexibility index (Phi) is 4.28. The van der Waals surface area contributed by atoms with Crippen molar-refractivity contribution in [2.45, 2.75) is 4.90 Å². The minimum Gasteiger partial charge on any atom is -0.455 e. The molecule has 2 aromatic rings. The van der Waals surface area contributed by atoms with Crippen molar-refractivity contribution in [1.82, 2.24) is 0 Å². The van der Waals surface area contributed by atoms with Crippen LogP contribution in [0.15, 0.2) is 47.4 Å². The molecule has 0 saturated carbocycles. The zero-order chi connectivity index (χ0) is 13.0. The number of carbonyl (C=O) groups is 1. The summed E-state index contributed by atoms with van der Waals surface area (Å²) >= 11 is 7.67. The molecule has 2 nitrogen and oxygen atoms in total. The van der Waals surface area contributed by atoms with Gasteiger partial charge < -0.3 is 4.74 Å². The maximum atomic E-state index is 10.6. The maximum Gasteiger partial charge on any atom is 0.150 e. The summed E-state index contributed by atoms with van der Waals surface area (Å²) < 4.78 is 5.76. The van der Waals surface area contributed by atoms with E-state index >= 15 is 0 Å². The first kappa shape index (κ1) is 13.0. The minimum atomic E-state index is 0.426. The van der Waals surface area contributed by atoms with Crippen LogP contribution in [-0.4, -0.2) is 12.5 Å². The lowest BCUT2D eigenvalue weighted by Crippen LogP contribution is -1.89. The number of ether oxygens (including phenoxy) is 1. The lowest BCUT2D eigenvalue weighted by Gasteiger charge is -2.10. The first-order valence-electron chi connectivity index (χ1n) is 5.30. The highest BCUT2D eigenvalue weighted by Gasteiger charge is 2.07. The van der Waals surface area contributed by atoms with E-state index in [-0.39, 0.29) is 0 Å². The van der Waals surface area contributed by atoms with Crippen LogP contribution in [0.3, 0.4) is 0 Å². The van der Waals surface area contributed by atoms with Crippen LogP contribution >= 0.6 is 23.4 Å². The van der Waals surface area contributed by atoms with Gasteiger partial charge in [-0.25, -0.2) is 0 Å². The van der Waals surface area contributed by atoms with Crippen LogP contribution in [0.5, 0.6) is 11.5 Å². The molecule has 0 amide bonds. The fourth-order valence-electron chi connectivity index (χ4n) is 1.49. The molecular formula is C14H11ClO2S. The Morgan fingerprint density at radius 3 is 2.61 bits per heavy atom. The van der Waals surface area contributed by atoms with Gasteiger partial charge in [-0.3, -0.25) is 4.79 Å². The third kappa shape index (κ3) is 2.86. The van der Waals surface area contributed by atoms with Gasteiger partial charge in [0.2, 0.25) is 0 Å². The molecular weight excluding hydrogens is 268 g/mol. The van der Waals surface area contributed by atoms with Gasteiger partial charge in [-0.2, -0.15) is 0 Å². The molecule has 0 N–H and O–H groups in total. The number of carbonyl (C=O) groups excluding carboxylic acids is 1. The number of para-hydroxylation sites is 1. The van der Waals surface area contributed by atoms with Crippen molar-refractivity contribution in [1.29, 1.82) is 0 Å². The van der Waals surface area contributed by atoms with E-state index in [0.29, 0.717) is 16.3 Å². The second kappa shape index (κ2) is 5.94. The van der Waals surface area contributed by atoms with E-state index in [9.17, 15) is 4.79 Å². The molecule has 0 radical (unpaired) electrons. The van der Waals surface area contributed by atoms with Gasteiger partial charge in [0, 0.05) is 10.5 Å². The molecule has 0 aliphatic rings. The van der Waals surface area contributed by atoms with Crippen LogP contribution in [0.25, 0.3) is 0 Å². The van der Waals surface area contributed by atoms with E-state index in [2.05, 4.69) is 0 Å². The van der Waals surface area contributed by atoms with Crippen molar-refractivity contribution in [2.24, 2.45) is 0 Å². The highest BCUT2D eigenvalue weighted by molar-refractivity contribution is 7.98. The van der Waals surface area contributed by atoms with Gasteiger partial charge >= 0.3 is 0 Å². The molecule has 92 valence electrons. The number of aldehydes is 1. The highest BCUT2D eigenvalue weighted by Crippen LogP contribution is 2.34. The monoisotopic (exact) mass is 278 g/mol. The smallest absolute Gasteiger partial charge is 0.150 e. The molecule has 0 spiro atoms. The van der Waals surface area contributed by atoms with Crippen molar-refractivity contribution in [3.8, 4) is 11.5 Å². The molecule has 0 aliphatic carbocycles. The quantitative estimate of drug-likeness (QED) is 0.601. The van der Waals surface area contributed by atoms with E-state index in [1.54, 1.807) is 30.0 Å². The Labute approximate surface area is 115 Å². The number of benzene rings is 2. The summed E-state index contributed by atoms with van der Waals surface area (Å²) in [7, 11) is 0. The predicted molar refractivity (Wildman–Crippen MR) is 75.1 cm³/mol. The zero-order valence-corrected chi connectivity index (χ0v) is 11.3. The van der Waals surface area contributed by atoms with E-state index in [1.807, 2.05) is 30.5 Å². The summed E-state index contributed by atoms with van der Waals surface area (Å²) in [5.41, 5.74) is 0.533. The van der Waals surface area contributed by atoms with Crippen molar-refractivity contribution >= 4 is 29.6 Å². The molecule has 0 bridgehead atoms. The Bertz CT molecular complexity index is 569. The van der Waals surface area contributed by atoms with Crippen LogP contribution in [0.2, 0.25) is 5.02 Å². The summed E-state index contributed by atoms with van der Waals surface area (Å²) in [6, 6.07) is 12.7. The molecule has 2 rings (SSSR count). The third-order valence-corrected chi connectivity index (χ3v) is 3.45. The third-order valence-electron chi connectivity index (χ3n) is 2.38. The molecule has 0 fully saturated rings. The number of thioether (sulfide) groups is 1. The Hall–Kier alpha value is -1.45. The number of halogens is 1. The predicted octanol–water partition coefficient (Wildman–Crippen LogP) is 4.67. The van der Waals surface area contributed by atoms with Crippen molar-refractivity contribution < 1.29 is 9.53 Å². The van der Waals surface area contributed by atoms with Crippen molar-refractivity contribution in [3.63, 3.8) is 0 Å². The molecule has 0 aromatic heterocycles. The number of hydrogen-bond donors (Lipinski definition) is 0. The second-order valence-electron chi connectivity index (χ2n) is 3.56. The number of rotatable bonds is 4. The average Bonchev–Trinajstić information content (AvgIpc) is 2.41. The summed E-state index contributed by atoms with van der Waals surface area (Å²) in [6.07, 6.45) is 2.74. The summed E-state index contributed by atoms with van der Waals surface area (Å²) in [6.45, 7) is 0. The molecule has 0 heterocycles. The first-order chi connectivity index (χ1) is 8.74. The van der Waals surface area contributed by atoms with Crippen LogP contribution in [0, 0.1) is 0 Å². The maximum absolute atomic E-state index is 10.6. The van der Waals surface area contributed by atoms with Crippen molar-refractivity contribution in [2.75, 3.05) is 6.26 Å². The Balaban J connectivity index is 2.31. The van der Waals surface area contributed by atoms with Crippen molar-refractivity contribution in [3.05, 3.63) is 53.1 Å².